The third-order valence-electron chi connectivity index (χ3n) is 3.49. The van der Waals surface area contributed by atoms with Crippen molar-refractivity contribution in [2.75, 3.05) is 11.9 Å². The molecular formula is C17H16N4O. The molecule has 0 radical (unpaired) electrons. The molecule has 0 atom stereocenters. The van der Waals surface area contributed by atoms with Gasteiger partial charge in [0, 0.05) is 34.9 Å². The molecule has 1 amide bonds. The Morgan fingerprint density at radius 2 is 2.14 bits per heavy atom. The second kappa shape index (κ2) is 5.81. The number of primary amides is 1. The predicted molar refractivity (Wildman–Crippen MR) is 87.7 cm³/mol. The van der Waals surface area contributed by atoms with E-state index in [4.69, 9.17) is 5.73 Å². The Hall–Kier alpha value is -2.95. The van der Waals surface area contributed by atoms with Crippen LogP contribution in [0.25, 0.3) is 22.0 Å². The van der Waals surface area contributed by atoms with Gasteiger partial charge in [0.1, 0.15) is 6.33 Å². The van der Waals surface area contributed by atoms with Crippen molar-refractivity contribution in [3.63, 3.8) is 0 Å². The Morgan fingerprint density at radius 1 is 1.27 bits per heavy atom. The Morgan fingerprint density at radius 3 is 2.91 bits per heavy atom. The minimum Gasteiger partial charge on any atom is -0.385 e. The number of carbonyl (C=O) groups excluding carboxylic acids is 1. The second-order valence-electron chi connectivity index (χ2n) is 4.92. The van der Waals surface area contributed by atoms with Crippen LogP contribution in [0.2, 0.25) is 0 Å². The van der Waals surface area contributed by atoms with Crippen LogP contribution in [0.15, 0.2) is 48.9 Å². The summed E-state index contributed by atoms with van der Waals surface area (Å²) in [5, 5.41) is 4.20. The van der Waals surface area contributed by atoms with Gasteiger partial charge in [-0.1, -0.05) is 12.1 Å². The van der Waals surface area contributed by atoms with Gasteiger partial charge in [-0.2, -0.15) is 0 Å². The van der Waals surface area contributed by atoms with Crippen LogP contribution in [0.4, 0.5) is 5.69 Å². The van der Waals surface area contributed by atoms with E-state index in [-0.39, 0.29) is 0 Å². The minimum atomic E-state index is -0.445. The van der Waals surface area contributed by atoms with Gasteiger partial charge in [0.05, 0.1) is 5.52 Å². The first-order valence-corrected chi connectivity index (χ1v) is 7.07. The molecule has 3 N–H and O–H groups in total. The molecule has 5 heteroatoms. The van der Waals surface area contributed by atoms with Gasteiger partial charge in [0.2, 0.25) is 5.91 Å². The summed E-state index contributed by atoms with van der Waals surface area (Å²) in [5.74, 6) is -0.445. The summed E-state index contributed by atoms with van der Waals surface area (Å²) in [6.45, 7) is 2.76. The van der Waals surface area contributed by atoms with Gasteiger partial charge < -0.3 is 11.1 Å². The van der Waals surface area contributed by atoms with Gasteiger partial charge >= 0.3 is 0 Å². The highest BCUT2D eigenvalue weighted by Crippen LogP contribution is 2.33. The molecule has 5 nitrogen and oxygen atoms in total. The smallest absolute Gasteiger partial charge is 0.249 e. The Kier molecular flexibility index (Phi) is 3.70. The summed E-state index contributed by atoms with van der Waals surface area (Å²) in [6, 6.07) is 11.3. The van der Waals surface area contributed by atoms with Gasteiger partial charge in [0.15, 0.2) is 0 Å². The summed E-state index contributed by atoms with van der Waals surface area (Å²) < 4.78 is 0. The average molecular weight is 292 g/mol. The zero-order valence-corrected chi connectivity index (χ0v) is 12.2. The molecule has 1 heterocycles. The van der Waals surface area contributed by atoms with Gasteiger partial charge in [-0.15, -0.1) is 0 Å². The molecule has 0 aliphatic heterocycles. The van der Waals surface area contributed by atoms with Gasteiger partial charge in [-0.25, -0.2) is 9.97 Å². The van der Waals surface area contributed by atoms with Crippen LogP contribution in [0.5, 0.6) is 0 Å². The molecule has 0 aliphatic rings. The normalized spacial score (nSPS) is 10.6. The van der Waals surface area contributed by atoms with Crippen LogP contribution >= 0.6 is 0 Å². The Balaban J connectivity index is 2.25. The number of rotatable bonds is 4. The van der Waals surface area contributed by atoms with E-state index < -0.39 is 5.91 Å². The largest absolute Gasteiger partial charge is 0.385 e. The first-order valence-electron chi connectivity index (χ1n) is 7.07. The monoisotopic (exact) mass is 292 g/mol. The third kappa shape index (κ3) is 2.48. The van der Waals surface area contributed by atoms with Crippen molar-refractivity contribution in [2.45, 2.75) is 6.92 Å². The van der Waals surface area contributed by atoms with Crippen molar-refractivity contribution in [3.05, 3.63) is 54.5 Å². The van der Waals surface area contributed by atoms with E-state index >= 15 is 0 Å². The predicted octanol–water partition coefficient (Wildman–Crippen LogP) is 2.83. The van der Waals surface area contributed by atoms with Crippen LogP contribution in [0, 0.1) is 0 Å². The molecule has 110 valence electrons. The summed E-state index contributed by atoms with van der Waals surface area (Å²) in [4.78, 5) is 20.0. The summed E-state index contributed by atoms with van der Waals surface area (Å²) >= 11 is 0. The van der Waals surface area contributed by atoms with Crippen molar-refractivity contribution in [1.82, 2.24) is 9.97 Å². The van der Waals surface area contributed by atoms with Crippen molar-refractivity contribution in [3.8, 4) is 11.1 Å². The molecular weight excluding hydrogens is 276 g/mol. The fraction of sp³-hybridized carbons (Fsp3) is 0.118. The lowest BCUT2D eigenvalue weighted by Gasteiger charge is -2.14. The molecule has 3 rings (SSSR count). The van der Waals surface area contributed by atoms with Gasteiger partial charge in [-0.3, -0.25) is 4.79 Å². The van der Waals surface area contributed by atoms with Crippen LogP contribution in [0.3, 0.4) is 0 Å². The fourth-order valence-electron chi connectivity index (χ4n) is 2.55. The number of anilines is 1. The van der Waals surface area contributed by atoms with E-state index in [1.165, 1.54) is 6.33 Å². The van der Waals surface area contributed by atoms with Crippen molar-refractivity contribution in [1.29, 1.82) is 0 Å². The van der Waals surface area contributed by atoms with Crippen LogP contribution in [-0.2, 0) is 0 Å². The van der Waals surface area contributed by atoms with Gasteiger partial charge in [-0.05, 0) is 36.8 Å². The molecule has 0 saturated heterocycles. The van der Waals surface area contributed by atoms with E-state index in [0.29, 0.717) is 5.56 Å². The highest BCUT2D eigenvalue weighted by atomic mass is 16.1. The number of fused-ring (bicyclic) bond motifs is 1. The van der Waals surface area contributed by atoms with Crippen LogP contribution in [0.1, 0.15) is 17.3 Å². The number of amides is 1. The lowest BCUT2D eigenvalue weighted by Crippen LogP contribution is -2.13. The number of nitrogens with zero attached hydrogens (tertiary/aromatic N) is 2. The number of aromatic nitrogens is 2. The molecule has 3 aromatic rings. The van der Waals surface area contributed by atoms with Crippen molar-refractivity contribution >= 4 is 22.5 Å². The van der Waals surface area contributed by atoms with Gasteiger partial charge in [0.25, 0.3) is 0 Å². The highest BCUT2D eigenvalue weighted by molar-refractivity contribution is 6.04. The number of benzene rings is 2. The van der Waals surface area contributed by atoms with E-state index in [1.807, 2.05) is 37.3 Å². The number of nitrogens with one attached hydrogen (secondary N) is 1. The third-order valence-corrected chi connectivity index (χ3v) is 3.49. The first kappa shape index (κ1) is 14.0. The summed E-state index contributed by atoms with van der Waals surface area (Å²) in [5.41, 5.74) is 9.50. The summed E-state index contributed by atoms with van der Waals surface area (Å²) in [6.07, 6.45) is 3.27. The standard InChI is InChI=1S/C17H16N4O/c1-2-20-15-5-3-4-13(17(18)22)16(15)11-6-7-14-12(8-11)9-19-10-21-14/h3-10,20H,2H2,1H3,(H2,18,22). The molecule has 1 aromatic heterocycles. The van der Waals surface area contributed by atoms with Crippen molar-refractivity contribution < 1.29 is 4.79 Å². The average Bonchev–Trinajstić information content (AvgIpc) is 2.54. The molecule has 0 unspecified atom stereocenters. The quantitative estimate of drug-likeness (QED) is 0.774. The maximum absolute atomic E-state index is 11.8. The number of hydrogen-bond acceptors (Lipinski definition) is 4. The maximum atomic E-state index is 11.8. The van der Waals surface area contributed by atoms with E-state index in [2.05, 4.69) is 15.3 Å². The second-order valence-corrected chi connectivity index (χ2v) is 4.92. The fourth-order valence-corrected chi connectivity index (χ4v) is 2.55. The minimum absolute atomic E-state index is 0.445. The molecule has 0 aliphatic carbocycles. The van der Waals surface area contributed by atoms with E-state index in [9.17, 15) is 4.79 Å². The molecule has 2 aromatic carbocycles. The Bertz CT molecular complexity index is 845. The molecule has 0 bridgehead atoms. The van der Waals surface area contributed by atoms with Crippen molar-refractivity contribution in [2.24, 2.45) is 5.73 Å². The molecule has 0 fully saturated rings. The number of hydrogen-bond donors (Lipinski definition) is 2. The lowest BCUT2D eigenvalue weighted by atomic mass is 9.96. The number of carbonyl (C=O) groups is 1. The zero-order valence-electron chi connectivity index (χ0n) is 12.2. The highest BCUT2D eigenvalue weighted by Gasteiger charge is 2.14. The molecule has 0 spiro atoms. The zero-order chi connectivity index (χ0) is 15.5. The van der Waals surface area contributed by atoms with Crippen LogP contribution < -0.4 is 11.1 Å². The maximum Gasteiger partial charge on any atom is 0.249 e. The SMILES string of the molecule is CCNc1cccc(C(N)=O)c1-c1ccc2ncncc2c1. The first-order chi connectivity index (χ1) is 10.7. The topological polar surface area (TPSA) is 80.9 Å². The van der Waals surface area contributed by atoms with E-state index in [0.717, 1.165) is 34.3 Å². The van der Waals surface area contributed by atoms with Crippen LogP contribution in [-0.4, -0.2) is 22.4 Å². The summed E-state index contributed by atoms with van der Waals surface area (Å²) in [7, 11) is 0. The Labute approximate surface area is 128 Å². The molecule has 22 heavy (non-hydrogen) atoms. The lowest BCUT2D eigenvalue weighted by molar-refractivity contribution is 0.100. The molecule has 0 saturated carbocycles. The number of nitrogens with two attached hydrogens (primary N) is 1. The van der Waals surface area contributed by atoms with E-state index in [1.54, 1.807) is 12.3 Å².